The predicted molar refractivity (Wildman–Crippen MR) is 133 cm³/mol. The zero-order chi connectivity index (χ0) is 20.6. The smallest absolute Gasteiger partial charge is 0.191 e. The Morgan fingerprint density at radius 3 is 2.63 bits per heavy atom. The van der Waals surface area contributed by atoms with Crippen LogP contribution in [0.5, 0.6) is 0 Å². The number of hydrogen-bond donors (Lipinski definition) is 2. The Kier molecular flexibility index (Phi) is 10.1. The third kappa shape index (κ3) is 7.27. The van der Waals surface area contributed by atoms with E-state index in [0.717, 1.165) is 56.4 Å². The van der Waals surface area contributed by atoms with Gasteiger partial charge < -0.3 is 15.2 Å². The minimum Gasteiger partial charge on any atom is -0.359 e. The number of aryl methyl sites for hydroxylation is 1. The van der Waals surface area contributed by atoms with Gasteiger partial charge in [-0.3, -0.25) is 4.90 Å². The van der Waals surface area contributed by atoms with Gasteiger partial charge >= 0.3 is 0 Å². The van der Waals surface area contributed by atoms with Crippen molar-refractivity contribution in [3.8, 4) is 0 Å². The van der Waals surface area contributed by atoms with E-state index in [1.807, 2.05) is 6.07 Å². The third-order valence-electron chi connectivity index (χ3n) is 5.49. The van der Waals surface area contributed by atoms with Crippen LogP contribution in [0.1, 0.15) is 62.1 Å². The van der Waals surface area contributed by atoms with Crippen molar-refractivity contribution in [1.29, 1.82) is 0 Å². The Bertz CT molecular complexity index is 796. The van der Waals surface area contributed by atoms with E-state index in [1.165, 1.54) is 11.1 Å². The van der Waals surface area contributed by atoms with Crippen molar-refractivity contribution >= 4 is 29.9 Å². The van der Waals surface area contributed by atoms with Crippen LogP contribution in [0.4, 0.5) is 0 Å². The van der Waals surface area contributed by atoms with Gasteiger partial charge in [0.15, 0.2) is 11.7 Å². The summed E-state index contributed by atoms with van der Waals surface area (Å²) in [6.45, 7) is 13.1. The maximum Gasteiger partial charge on any atom is 0.191 e. The molecule has 1 aromatic heterocycles. The van der Waals surface area contributed by atoms with E-state index in [0.29, 0.717) is 18.5 Å². The summed E-state index contributed by atoms with van der Waals surface area (Å²) in [6, 6.07) is 11.1. The van der Waals surface area contributed by atoms with Gasteiger partial charge in [0.25, 0.3) is 0 Å². The molecule has 0 radical (unpaired) electrons. The Morgan fingerprint density at radius 2 is 2.00 bits per heavy atom. The molecule has 1 aliphatic rings. The average Bonchev–Trinajstić information content (AvgIpc) is 3.19. The van der Waals surface area contributed by atoms with Gasteiger partial charge in [0.2, 0.25) is 0 Å². The quantitative estimate of drug-likeness (QED) is 0.318. The molecule has 6 nitrogen and oxygen atoms in total. The Balaban J connectivity index is 0.00000320. The molecule has 3 rings (SSSR count). The van der Waals surface area contributed by atoms with Crippen molar-refractivity contribution in [3.05, 3.63) is 52.9 Å². The largest absolute Gasteiger partial charge is 0.359 e. The molecule has 0 aliphatic carbocycles. The summed E-state index contributed by atoms with van der Waals surface area (Å²) in [6.07, 6.45) is 2.24. The normalized spacial score (nSPS) is 15.8. The molecule has 2 heterocycles. The van der Waals surface area contributed by atoms with Crippen LogP contribution in [0.15, 0.2) is 39.8 Å². The summed E-state index contributed by atoms with van der Waals surface area (Å²) in [5, 5.41) is 11.1. The lowest BCUT2D eigenvalue weighted by Gasteiger charge is -2.33. The maximum atomic E-state index is 5.41. The standard InChI is InChI=1S/C23H35N5O.HI/c1-5-24-23(25-15-21-14-22(17(2)3)27-29-21)26-20-10-12-28(13-11-20)16-19-9-7-6-8-18(19)4;/h6-9,14,17,20H,5,10-13,15-16H2,1-4H3,(H2,24,25,26);1H. The SMILES string of the molecule is CCNC(=NCc1cc(C(C)C)no1)NC1CCN(Cc2ccccc2C)CC1.I. The lowest BCUT2D eigenvalue weighted by Crippen LogP contribution is -2.48. The minimum atomic E-state index is 0. The molecule has 0 amide bonds. The van der Waals surface area contributed by atoms with Gasteiger partial charge in [-0.2, -0.15) is 0 Å². The second-order valence-electron chi connectivity index (χ2n) is 8.19. The van der Waals surface area contributed by atoms with Gasteiger partial charge in [-0.05, 0) is 43.7 Å². The molecule has 0 unspecified atom stereocenters. The number of nitrogens with one attached hydrogen (secondary N) is 2. The van der Waals surface area contributed by atoms with Crippen LogP contribution in [-0.2, 0) is 13.1 Å². The molecule has 0 bridgehead atoms. The fraction of sp³-hybridized carbons (Fsp3) is 0.565. The highest BCUT2D eigenvalue weighted by molar-refractivity contribution is 14.0. The summed E-state index contributed by atoms with van der Waals surface area (Å²) in [5.74, 6) is 2.03. The molecule has 7 heteroatoms. The van der Waals surface area contributed by atoms with Crippen molar-refractivity contribution in [2.45, 2.75) is 65.6 Å². The van der Waals surface area contributed by atoms with Gasteiger partial charge in [0.1, 0.15) is 6.54 Å². The van der Waals surface area contributed by atoms with Crippen molar-refractivity contribution in [3.63, 3.8) is 0 Å². The molecular formula is C23H36IN5O. The first-order valence-electron chi connectivity index (χ1n) is 10.8. The van der Waals surface area contributed by atoms with Crippen LogP contribution in [0.25, 0.3) is 0 Å². The molecule has 30 heavy (non-hydrogen) atoms. The Morgan fingerprint density at radius 1 is 1.27 bits per heavy atom. The molecule has 0 atom stereocenters. The summed E-state index contributed by atoms with van der Waals surface area (Å²) >= 11 is 0. The van der Waals surface area contributed by atoms with Crippen LogP contribution in [-0.4, -0.2) is 41.7 Å². The lowest BCUT2D eigenvalue weighted by atomic mass is 10.0. The summed E-state index contributed by atoms with van der Waals surface area (Å²) in [7, 11) is 0. The van der Waals surface area contributed by atoms with Crippen LogP contribution in [0, 0.1) is 6.92 Å². The second kappa shape index (κ2) is 12.3. The monoisotopic (exact) mass is 525 g/mol. The van der Waals surface area contributed by atoms with E-state index in [2.05, 4.69) is 72.7 Å². The third-order valence-corrected chi connectivity index (χ3v) is 5.49. The molecule has 1 aromatic carbocycles. The molecule has 2 aromatic rings. The first-order valence-corrected chi connectivity index (χ1v) is 10.8. The number of aromatic nitrogens is 1. The number of likely N-dealkylation sites (tertiary alicyclic amines) is 1. The topological polar surface area (TPSA) is 65.7 Å². The summed E-state index contributed by atoms with van der Waals surface area (Å²) in [4.78, 5) is 7.24. The molecule has 2 N–H and O–H groups in total. The van der Waals surface area contributed by atoms with Crippen LogP contribution in [0.3, 0.4) is 0 Å². The molecule has 1 fully saturated rings. The van der Waals surface area contributed by atoms with Gasteiger partial charge in [0.05, 0.1) is 5.69 Å². The molecule has 166 valence electrons. The van der Waals surface area contributed by atoms with Crippen molar-refractivity contribution in [2.75, 3.05) is 19.6 Å². The Hall–Kier alpha value is -1.61. The maximum absolute atomic E-state index is 5.41. The number of rotatable bonds is 7. The number of guanidine groups is 1. The van der Waals surface area contributed by atoms with E-state index >= 15 is 0 Å². The highest BCUT2D eigenvalue weighted by atomic mass is 127. The Labute approximate surface area is 197 Å². The second-order valence-corrected chi connectivity index (χ2v) is 8.19. The van der Waals surface area contributed by atoms with Crippen LogP contribution in [0.2, 0.25) is 0 Å². The van der Waals surface area contributed by atoms with E-state index in [4.69, 9.17) is 9.52 Å². The van der Waals surface area contributed by atoms with Crippen LogP contribution < -0.4 is 10.6 Å². The molecule has 0 saturated carbocycles. The number of halogens is 1. The number of nitrogens with zero attached hydrogens (tertiary/aromatic N) is 3. The number of piperidine rings is 1. The van der Waals surface area contributed by atoms with E-state index < -0.39 is 0 Å². The van der Waals surface area contributed by atoms with E-state index in [9.17, 15) is 0 Å². The first-order chi connectivity index (χ1) is 14.0. The molecule has 1 aliphatic heterocycles. The first kappa shape index (κ1) is 24.7. The van der Waals surface area contributed by atoms with Gasteiger partial charge in [0, 0.05) is 38.3 Å². The van der Waals surface area contributed by atoms with Crippen molar-refractivity contribution in [1.82, 2.24) is 20.7 Å². The summed E-state index contributed by atoms with van der Waals surface area (Å²) in [5.41, 5.74) is 3.79. The zero-order valence-corrected chi connectivity index (χ0v) is 21.0. The van der Waals surface area contributed by atoms with Gasteiger partial charge in [-0.25, -0.2) is 4.99 Å². The minimum absolute atomic E-state index is 0. The number of benzene rings is 1. The van der Waals surface area contributed by atoms with E-state index in [1.54, 1.807) is 0 Å². The fourth-order valence-electron chi connectivity index (χ4n) is 3.61. The zero-order valence-electron chi connectivity index (χ0n) is 18.6. The number of hydrogen-bond acceptors (Lipinski definition) is 4. The molecule has 1 saturated heterocycles. The average molecular weight is 525 g/mol. The van der Waals surface area contributed by atoms with Crippen molar-refractivity contribution in [2.24, 2.45) is 4.99 Å². The predicted octanol–water partition coefficient (Wildman–Crippen LogP) is 4.44. The van der Waals surface area contributed by atoms with Gasteiger partial charge in [-0.15, -0.1) is 24.0 Å². The van der Waals surface area contributed by atoms with E-state index in [-0.39, 0.29) is 24.0 Å². The van der Waals surface area contributed by atoms with Gasteiger partial charge in [-0.1, -0.05) is 43.3 Å². The molecule has 0 spiro atoms. The highest BCUT2D eigenvalue weighted by Crippen LogP contribution is 2.17. The van der Waals surface area contributed by atoms with Crippen LogP contribution >= 0.6 is 24.0 Å². The highest BCUT2D eigenvalue weighted by Gasteiger charge is 2.20. The summed E-state index contributed by atoms with van der Waals surface area (Å²) < 4.78 is 5.41. The number of aliphatic imine (C=N–C) groups is 1. The fourth-order valence-corrected chi connectivity index (χ4v) is 3.61. The van der Waals surface area contributed by atoms with Crippen molar-refractivity contribution < 1.29 is 4.52 Å². The lowest BCUT2D eigenvalue weighted by molar-refractivity contribution is 0.198. The molecular weight excluding hydrogens is 489 g/mol.